The first kappa shape index (κ1) is 11.9. The van der Waals surface area contributed by atoms with Gasteiger partial charge in [-0.05, 0) is 0 Å². The van der Waals surface area contributed by atoms with E-state index < -0.39 is 5.97 Å². The maximum atomic E-state index is 10.4. The number of hydrogen-bond donors (Lipinski definition) is 2. The van der Waals surface area contributed by atoms with Crippen LogP contribution in [0, 0.1) is 0 Å². The summed E-state index contributed by atoms with van der Waals surface area (Å²) in [7, 11) is 1.87. The van der Waals surface area contributed by atoms with Gasteiger partial charge in [0.25, 0.3) is 0 Å². The Bertz CT molecular complexity index is 181. The molecule has 0 saturated carbocycles. The highest BCUT2D eigenvalue weighted by Crippen LogP contribution is 1.73. The smallest absolute Gasteiger partial charge is 0.309 e. The molecule has 0 rings (SSSR count). The molecule has 0 saturated heterocycles. The second-order valence-corrected chi connectivity index (χ2v) is 2.94. The maximum Gasteiger partial charge on any atom is 0.309 e. The third kappa shape index (κ3) is 8.81. The number of carboxylic acid groups (broad SMARTS) is 1. The Labute approximate surface area is 77.3 Å². The Kier molecular flexibility index (Phi) is 5.88. The van der Waals surface area contributed by atoms with E-state index in [9.17, 15) is 9.59 Å². The number of esters is 1. The second-order valence-electron chi connectivity index (χ2n) is 2.94. The summed E-state index contributed by atoms with van der Waals surface area (Å²) in [6, 6.07) is 0. The first-order valence-electron chi connectivity index (χ1n) is 4.19. The van der Waals surface area contributed by atoms with E-state index in [1.165, 1.54) is 6.92 Å². The average molecular weight is 190 g/mol. The second kappa shape index (κ2) is 6.42. The van der Waals surface area contributed by atoms with Crippen molar-refractivity contribution in [2.45, 2.75) is 13.3 Å². The molecule has 0 aromatic rings. The van der Waals surface area contributed by atoms with Crippen molar-refractivity contribution in [3.05, 3.63) is 0 Å². The molecular formula is C8H16NO4+. The summed E-state index contributed by atoms with van der Waals surface area (Å²) in [5.74, 6) is -1.10. The Morgan fingerprint density at radius 1 is 1.38 bits per heavy atom. The van der Waals surface area contributed by atoms with Gasteiger partial charge in [0.05, 0.1) is 20.0 Å². The molecule has 76 valence electrons. The number of quaternary nitrogens is 1. The fraction of sp³-hybridized carbons (Fsp3) is 0.750. The lowest BCUT2D eigenvalue weighted by atomic mass is 10.4. The molecule has 0 aliphatic heterocycles. The van der Waals surface area contributed by atoms with Crippen LogP contribution >= 0.6 is 0 Å². The van der Waals surface area contributed by atoms with Gasteiger partial charge in [-0.3, -0.25) is 9.59 Å². The van der Waals surface area contributed by atoms with Crippen molar-refractivity contribution in [3.63, 3.8) is 0 Å². The highest BCUT2D eigenvalue weighted by Gasteiger charge is 2.05. The zero-order valence-corrected chi connectivity index (χ0v) is 8.00. The Morgan fingerprint density at radius 2 is 2.00 bits per heavy atom. The Balaban J connectivity index is 3.35. The summed E-state index contributed by atoms with van der Waals surface area (Å²) in [6.45, 7) is 2.90. The molecular weight excluding hydrogens is 174 g/mol. The first-order valence-corrected chi connectivity index (χ1v) is 4.19. The largest absolute Gasteiger partial charge is 0.481 e. The maximum absolute atomic E-state index is 10.4. The lowest BCUT2D eigenvalue weighted by Gasteiger charge is -2.11. The topological polar surface area (TPSA) is 68.0 Å². The molecule has 0 aromatic heterocycles. The summed E-state index contributed by atoms with van der Waals surface area (Å²) >= 11 is 0. The minimum atomic E-state index is -0.799. The molecule has 13 heavy (non-hydrogen) atoms. The summed E-state index contributed by atoms with van der Waals surface area (Å²) in [6.07, 6.45) is 0.145. The number of rotatable bonds is 6. The fourth-order valence-corrected chi connectivity index (χ4v) is 0.814. The van der Waals surface area contributed by atoms with Gasteiger partial charge in [-0.1, -0.05) is 0 Å². The molecule has 0 amide bonds. The summed E-state index contributed by atoms with van der Waals surface area (Å²) in [5.41, 5.74) is 0. The molecule has 0 aromatic carbocycles. The standard InChI is InChI=1S/C8H15NO4/c1-7(10)13-6-5-9(2)4-3-8(11)12/h3-6H2,1-2H3,(H,11,12)/p+1. The molecule has 0 heterocycles. The van der Waals surface area contributed by atoms with E-state index in [0.717, 1.165) is 4.90 Å². The average Bonchev–Trinajstić information content (AvgIpc) is 2.00. The van der Waals surface area contributed by atoms with Crippen LogP contribution in [0.2, 0.25) is 0 Å². The van der Waals surface area contributed by atoms with Crippen molar-refractivity contribution in [2.75, 3.05) is 26.7 Å². The molecule has 0 bridgehead atoms. The number of aliphatic carboxylic acids is 1. The summed E-state index contributed by atoms with van der Waals surface area (Å²) in [4.78, 5) is 21.6. The van der Waals surface area contributed by atoms with E-state index >= 15 is 0 Å². The van der Waals surface area contributed by atoms with Crippen LogP contribution in [0.5, 0.6) is 0 Å². The van der Waals surface area contributed by atoms with Crippen molar-refractivity contribution in [1.82, 2.24) is 0 Å². The van der Waals surface area contributed by atoms with E-state index in [2.05, 4.69) is 0 Å². The number of ether oxygens (including phenoxy) is 1. The van der Waals surface area contributed by atoms with Gasteiger partial charge in [0, 0.05) is 6.92 Å². The Hall–Kier alpha value is -1.10. The van der Waals surface area contributed by atoms with Crippen LogP contribution in [-0.4, -0.2) is 43.8 Å². The fourth-order valence-electron chi connectivity index (χ4n) is 0.814. The summed E-state index contributed by atoms with van der Waals surface area (Å²) < 4.78 is 4.71. The minimum absolute atomic E-state index is 0.145. The number of hydrogen-bond acceptors (Lipinski definition) is 3. The number of likely N-dealkylation sites (N-methyl/N-ethyl adjacent to an activating group) is 1. The van der Waals surface area contributed by atoms with Crippen molar-refractivity contribution in [3.8, 4) is 0 Å². The molecule has 0 spiro atoms. The predicted molar refractivity (Wildman–Crippen MR) is 45.5 cm³/mol. The van der Waals surface area contributed by atoms with Crippen LogP contribution in [-0.2, 0) is 14.3 Å². The lowest BCUT2D eigenvalue weighted by Crippen LogP contribution is -3.09. The third-order valence-electron chi connectivity index (χ3n) is 1.60. The van der Waals surface area contributed by atoms with Crippen molar-refractivity contribution >= 4 is 11.9 Å². The number of carbonyl (C=O) groups excluding carboxylic acids is 1. The third-order valence-corrected chi connectivity index (χ3v) is 1.60. The van der Waals surface area contributed by atoms with Crippen LogP contribution in [0.1, 0.15) is 13.3 Å². The quantitative estimate of drug-likeness (QED) is 0.502. The minimum Gasteiger partial charge on any atom is -0.481 e. The van der Waals surface area contributed by atoms with Gasteiger partial charge in [0.1, 0.15) is 13.2 Å². The molecule has 5 nitrogen and oxygen atoms in total. The molecule has 0 aliphatic carbocycles. The molecule has 0 fully saturated rings. The molecule has 0 aliphatic rings. The van der Waals surface area contributed by atoms with E-state index in [4.69, 9.17) is 9.84 Å². The zero-order valence-electron chi connectivity index (χ0n) is 8.00. The molecule has 1 unspecified atom stereocenters. The van der Waals surface area contributed by atoms with Crippen LogP contribution in [0.15, 0.2) is 0 Å². The summed E-state index contributed by atoms with van der Waals surface area (Å²) in [5, 5.41) is 8.38. The normalized spacial score (nSPS) is 12.2. The van der Waals surface area contributed by atoms with Gasteiger partial charge in [-0.25, -0.2) is 0 Å². The lowest BCUT2D eigenvalue weighted by molar-refractivity contribution is -0.879. The van der Waals surface area contributed by atoms with Crippen LogP contribution in [0.4, 0.5) is 0 Å². The van der Waals surface area contributed by atoms with Gasteiger partial charge < -0.3 is 14.7 Å². The number of nitrogens with one attached hydrogen (secondary N) is 1. The SMILES string of the molecule is CC(=O)OCC[NH+](C)CCC(=O)O. The van der Waals surface area contributed by atoms with E-state index in [-0.39, 0.29) is 12.4 Å². The van der Waals surface area contributed by atoms with Crippen molar-refractivity contribution < 1.29 is 24.3 Å². The zero-order chi connectivity index (χ0) is 10.3. The highest BCUT2D eigenvalue weighted by molar-refractivity contribution is 5.66. The van der Waals surface area contributed by atoms with E-state index in [1.807, 2.05) is 7.05 Å². The van der Waals surface area contributed by atoms with Gasteiger partial charge in [-0.2, -0.15) is 0 Å². The monoisotopic (exact) mass is 190 g/mol. The van der Waals surface area contributed by atoms with Gasteiger partial charge in [0.15, 0.2) is 0 Å². The van der Waals surface area contributed by atoms with E-state index in [1.54, 1.807) is 0 Å². The molecule has 5 heteroatoms. The van der Waals surface area contributed by atoms with Crippen LogP contribution < -0.4 is 4.90 Å². The van der Waals surface area contributed by atoms with Crippen molar-refractivity contribution in [1.29, 1.82) is 0 Å². The Morgan fingerprint density at radius 3 is 2.46 bits per heavy atom. The van der Waals surface area contributed by atoms with Crippen LogP contribution in [0.25, 0.3) is 0 Å². The van der Waals surface area contributed by atoms with Crippen LogP contribution in [0.3, 0.4) is 0 Å². The van der Waals surface area contributed by atoms with Gasteiger partial charge in [-0.15, -0.1) is 0 Å². The van der Waals surface area contributed by atoms with Gasteiger partial charge in [0.2, 0.25) is 0 Å². The van der Waals surface area contributed by atoms with E-state index in [0.29, 0.717) is 19.7 Å². The molecule has 2 N–H and O–H groups in total. The van der Waals surface area contributed by atoms with Gasteiger partial charge >= 0.3 is 11.9 Å². The number of carboxylic acids is 1. The van der Waals surface area contributed by atoms with Crippen molar-refractivity contribution in [2.24, 2.45) is 0 Å². The first-order chi connectivity index (χ1) is 6.02. The predicted octanol–water partition coefficient (Wildman–Crippen LogP) is -1.46. The number of carbonyl (C=O) groups is 2. The highest BCUT2D eigenvalue weighted by atomic mass is 16.5. The molecule has 1 atom stereocenters. The molecule has 0 radical (unpaired) electrons.